The number of hydrazine groups is 1. The van der Waals surface area contributed by atoms with Crippen LogP contribution in [0.5, 0.6) is 0 Å². The highest BCUT2D eigenvalue weighted by atomic mass is 79.9. The Morgan fingerprint density at radius 3 is 2.46 bits per heavy atom. The maximum absolute atomic E-state index is 12.2. The van der Waals surface area contributed by atoms with Crippen molar-refractivity contribution in [3.63, 3.8) is 0 Å². The van der Waals surface area contributed by atoms with Gasteiger partial charge in [0.1, 0.15) is 6.33 Å². The minimum absolute atomic E-state index is 0.0404. The van der Waals surface area contributed by atoms with Crippen LogP contribution in [0.4, 0.5) is 23.0 Å². The van der Waals surface area contributed by atoms with Crippen LogP contribution in [-0.2, 0) is 0 Å². The normalized spacial score (nSPS) is 10.2. The van der Waals surface area contributed by atoms with Gasteiger partial charge in [-0.25, -0.2) is 9.97 Å². The highest BCUT2D eigenvalue weighted by Gasteiger charge is 2.24. The number of anilines is 3. The van der Waals surface area contributed by atoms with Gasteiger partial charge in [-0.3, -0.25) is 25.8 Å². The summed E-state index contributed by atoms with van der Waals surface area (Å²) in [6.45, 7) is 0. The van der Waals surface area contributed by atoms with Crippen LogP contribution >= 0.6 is 27.5 Å². The predicted molar refractivity (Wildman–Crippen MR) is 109 cm³/mol. The van der Waals surface area contributed by atoms with Gasteiger partial charge in [0.05, 0.1) is 21.2 Å². The molecule has 3 N–H and O–H groups in total. The van der Waals surface area contributed by atoms with Crippen molar-refractivity contribution in [3.8, 4) is 0 Å². The van der Waals surface area contributed by atoms with Gasteiger partial charge >= 0.3 is 5.69 Å². The van der Waals surface area contributed by atoms with Crippen molar-refractivity contribution < 1.29 is 9.72 Å². The van der Waals surface area contributed by atoms with Crippen LogP contribution in [0.25, 0.3) is 0 Å². The molecule has 0 atom stereocenters. The molecular weight excluding hydrogens is 452 g/mol. The van der Waals surface area contributed by atoms with E-state index in [9.17, 15) is 14.9 Å². The molecule has 0 saturated carbocycles. The predicted octanol–water partition coefficient (Wildman–Crippen LogP) is 4.30. The first kappa shape index (κ1) is 19.5. The van der Waals surface area contributed by atoms with E-state index in [1.54, 1.807) is 42.5 Å². The van der Waals surface area contributed by atoms with E-state index >= 15 is 0 Å². The molecule has 2 aromatic carbocycles. The number of aromatic nitrogens is 2. The molecule has 142 valence electrons. The molecule has 1 amide bonds. The average molecular weight is 464 g/mol. The number of hydrogen-bond donors (Lipinski definition) is 3. The highest BCUT2D eigenvalue weighted by Crippen LogP contribution is 2.33. The topological polar surface area (TPSA) is 122 Å². The number of amides is 1. The molecule has 0 radical (unpaired) electrons. The summed E-state index contributed by atoms with van der Waals surface area (Å²) in [5.74, 6) is -0.796. The van der Waals surface area contributed by atoms with Crippen LogP contribution in [0.15, 0.2) is 59.3 Å². The number of para-hydroxylation sites is 1. The molecule has 11 heteroatoms. The van der Waals surface area contributed by atoms with Crippen LogP contribution in [0.3, 0.4) is 0 Å². The van der Waals surface area contributed by atoms with E-state index < -0.39 is 16.5 Å². The molecule has 0 aliphatic rings. The summed E-state index contributed by atoms with van der Waals surface area (Å²) >= 11 is 9.33. The fraction of sp³-hybridized carbons (Fsp3) is 0. The van der Waals surface area contributed by atoms with Crippen molar-refractivity contribution in [2.45, 2.75) is 0 Å². The number of benzene rings is 2. The minimum Gasteiger partial charge on any atom is -0.333 e. The molecular formula is C17H12BrClN6O3. The van der Waals surface area contributed by atoms with Gasteiger partial charge in [0.2, 0.25) is 11.6 Å². The molecule has 28 heavy (non-hydrogen) atoms. The van der Waals surface area contributed by atoms with Crippen LogP contribution in [0.1, 0.15) is 10.4 Å². The quantitative estimate of drug-likeness (QED) is 0.368. The molecule has 0 saturated heterocycles. The van der Waals surface area contributed by atoms with E-state index in [0.29, 0.717) is 10.2 Å². The molecule has 0 bridgehead atoms. The monoisotopic (exact) mass is 462 g/mol. The van der Waals surface area contributed by atoms with Crippen LogP contribution in [-0.4, -0.2) is 20.8 Å². The lowest BCUT2D eigenvalue weighted by molar-refractivity contribution is -0.383. The van der Waals surface area contributed by atoms with Crippen molar-refractivity contribution >= 4 is 56.4 Å². The molecule has 0 aliphatic carbocycles. The van der Waals surface area contributed by atoms with Gasteiger partial charge in [0.25, 0.3) is 5.91 Å². The van der Waals surface area contributed by atoms with Gasteiger partial charge < -0.3 is 5.32 Å². The zero-order valence-corrected chi connectivity index (χ0v) is 16.4. The molecule has 1 heterocycles. The fourth-order valence-electron chi connectivity index (χ4n) is 2.25. The lowest BCUT2D eigenvalue weighted by Crippen LogP contribution is -2.30. The van der Waals surface area contributed by atoms with Crippen LogP contribution in [0.2, 0.25) is 5.02 Å². The number of hydrogen-bond acceptors (Lipinski definition) is 7. The van der Waals surface area contributed by atoms with Gasteiger partial charge in [-0.1, -0.05) is 35.9 Å². The Balaban J connectivity index is 1.85. The first-order chi connectivity index (χ1) is 13.5. The highest BCUT2D eigenvalue weighted by molar-refractivity contribution is 9.10. The van der Waals surface area contributed by atoms with E-state index in [4.69, 9.17) is 11.6 Å². The van der Waals surface area contributed by atoms with Crippen molar-refractivity contribution in [1.29, 1.82) is 0 Å². The Kier molecular flexibility index (Phi) is 6.02. The fourth-order valence-corrected chi connectivity index (χ4v) is 2.86. The van der Waals surface area contributed by atoms with E-state index in [1.807, 2.05) is 0 Å². The summed E-state index contributed by atoms with van der Waals surface area (Å²) in [5.41, 5.74) is 5.16. The van der Waals surface area contributed by atoms with Gasteiger partial charge in [-0.15, -0.1) is 0 Å². The lowest BCUT2D eigenvalue weighted by Gasteiger charge is -2.12. The average Bonchev–Trinajstić information content (AvgIpc) is 2.68. The van der Waals surface area contributed by atoms with Crippen molar-refractivity contribution in [2.24, 2.45) is 0 Å². The number of carbonyl (C=O) groups is 1. The maximum Gasteiger partial charge on any atom is 0.355 e. The maximum atomic E-state index is 12.2. The van der Waals surface area contributed by atoms with Crippen LogP contribution < -0.4 is 16.2 Å². The molecule has 9 nitrogen and oxygen atoms in total. The molecule has 1 aromatic heterocycles. The lowest BCUT2D eigenvalue weighted by atomic mass is 10.2. The third kappa shape index (κ3) is 4.35. The number of carbonyl (C=O) groups excluding carboxylic acids is 1. The van der Waals surface area contributed by atoms with E-state index in [-0.39, 0.29) is 22.2 Å². The number of nitrogens with one attached hydrogen (secondary N) is 3. The zero-order chi connectivity index (χ0) is 20.1. The summed E-state index contributed by atoms with van der Waals surface area (Å²) in [5, 5.41) is 14.7. The number of rotatable bonds is 6. The van der Waals surface area contributed by atoms with Gasteiger partial charge in [0.15, 0.2) is 0 Å². The van der Waals surface area contributed by atoms with Crippen molar-refractivity contribution in [3.05, 3.63) is 80.0 Å². The largest absolute Gasteiger partial charge is 0.355 e. The number of halogens is 2. The SMILES string of the molecule is O=C(NNc1ncnc(Nc2ccccc2Br)c1[N+](=O)[O-])c1ccccc1Cl. The Morgan fingerprint density at radius 1 is 1.07 bits per heavy atom. The molecule has 0 spiro atoms. The zero-order valence-electron chi connectivity index (χ0n) is 14.0. The number of nitro groups is 1. The third-order valence-electron chi connectivity index (χ3n) is 3.54. The Bertz CT molecular complexity index is 1050. The molecule has 0 fully saturated rings. The first-order valence-electron chi connectivity index (χ1n) is 7.79. The van der Waals surface area contributed by atoms with E-state index in [2.05, 4.69) is 42.1 Å². The molecule has 0 aliphatic heterocycles. The molecule has 3 rings (SSSR count). The Morgan fingerprint density at radius 2 is 1.75 bits per heavy atom. The second kappa shape index (κ2) is 8.63. The second-order valence-corrected chi connectivity index (χ2v) is 6.60. The summed E-state index contributed by atoms with van der Waals surface area (Å²) in [7, 11) is 0. The first-order valence-corrected chi connectivity index (χ1v) is 8.96. The van der Waals surface area contributed by atoms with Crippen molar-refractivity contribution in [1.82, 2.24) is 15.4 Å². The summed E-state index contributed by atoms with van der Waals surface area (Å²) < 4.78 is 0.699. The third-order valence-corrected chi connectivity index (χ3v) is 4.57. The van der Waals surface area contributed by atoms with E-state index in [0.717, 1.165) is 6.33 Å². The van der Waals surface area contributed by atoms with Crippen molar-refractivity contribution in [2.75, 3.05) is 10.7 Å². The van der Waals surface area contributed by atoms with Crippen LogP contribution in [0, 0.1) is 10.1 Å². The number of nitrogens with zero attached hydrogens (tertiary/aromatic N) is 3. The van der Waals surface area contributed by atoms with Gasteiger partial charge in [0, 0.05) is 4.47 Å². The molecule has 0 unspecified atom stereocenters. The summed E-state index contributed by atoms with van der Waals surface area (Å²) in [6, 6.07) is 13.5. The van der Waals surface area contributed by atoms with Gasteiger partial charge in [-0.05, 0) is 40.2 Å². The minimum atomic E-state index is -0.650. The second-order valence-electron chi connectivity index (χ2n) is 5.34. The molecule has 3 aromatic rings. The Labute approximate surface area is 172 Å². The summed E-state index contributed by atoms with van der Waals surface area (Å²) in [6.07, 6.45) is 1.14. The summed E-state index contributed by atoms with van der Waals surface area (Å²) in [4.78, 5) is 31.0. The standard InChI is InChI=1S/C17H12BrClN6O3/c18-11-6-2-4-8-13(11)22-15-14(25(27)28)16(21-9-20-15)23-24-17(26)10-5-1-3-7-12(10)19/h1-9H,(H,24,26)(H2,20,21,22,23). The van der Waals surface area contributed by atoms with Gasteiger partial charge in [-0.2, -0.15) is 0 Å². The Hall–Kier alpha value is -3.24. The van der Waals surface area contributed by atoms with E-state index in [1.165, 1.54) is 6.07 Å². The smallest absolute Gasteiger partial charge is 0.333 e.